The molecule has 1 heterocycles. The molecule has 0 fully saturated rings. The summed E-state index contributed by atoms with van der Waals surface area (Å²) in [4.78, 5) is 10.5. The molecular weight excluding hydrogens is 208 g/mol. The van der Waals surface area contributed by atoms with E-state index in [4.69, 9.17) is 14.6 Å². The van der Waals surface area contributed by atoms with Gasteiger partial charge in [0.1, 0.15) is 11.5 Å². The van der Waals surface area contributed by atoms with Gasteiger partial charge < -0.3 is 14.6 Å². The number of hydrogen-bond donors (Lipinski definition) is 1. The molecule has 0 amide bonds. The summed E-state index contributed by atoms with van der Waals surface area (Å²) >= 11 is 0. The summed E-state index contributed by atoms with van der Waals surface area (Å²) < 4.78 is 10.8. The van der Waals surface area contributed by atoms with Crippen LogP contribution in [0.2, 0.25) is 0 Å². The molecule has 0 bridgehead atoms. The van der Waals surface area contributed by atoms with Gasteiger partial charge in [-0.25, -0.2) is 4.79 Å². The van der Waals surface area contributed by atoms with Crippen molar-refractivity contribution < 1.29 is 19.4 Å². The number of carboxylic acid groups (broad SMARTS) is 1. The Balaban J connectivity index is 2.30. The van der Waals surface area contributed by atoms with Crippen molar-refractivity contribution >= 4 is 5.97 Å². The Labute approximate surface area is 93.8 Å². The second-order valence-electron chi connectivity index (χ2n) is 3.82. The van der Waals surface area contributed by atoms with E-state index in [2.05, 4.69) is 0 Å². The van der Waals surface area contributed by atoms with Crippen molar-refractivity contribution in [2.24, 2.45) is 0 Å². The first-order valence-corrected chi connectivity index (χ1v) is 5.28. The minimum absolute atomic E-state index is 0.308. The minimum atomic E-state index is -0.964. The van der Waals surface area contributed by atoms with Crippen LogP contribution in [-0.2, 0) is 11.2 Å². The SMILES string of the molecule is Cc1ccc2c(c1OCC(=O)O)CCCO2. The Morgan fingerprint density at radius 3 is 3.12 bits per heavy atom. The lowest BCUT2D eigenvalue weighted by atomic mass is 10.0. The van der Waals surface area contributed by atoms with Crippen LogP contribution in [0, 0.1) is 6.92 Å². The number of carbonyl (C=O) groups is 1. The van der Waals surface area contributed by atoms with Gasteiger partial charge >= 0.3 is 5.97 Å². The zero-order valence-electron chi connectivity index (χ0n) is 9.16. The van der Waals surface area contributed by atoms with Gasteiger partial charge in [-0.15, -0.1) is 0 Å². The van der Waals surface area contributed by atoms with Crippen molar-refractivity contribution in [1.82, 2.24) is 0 Å². The van der Waals surface area contributed by atoms with Crippen LogP contribution in [0.4, 0.5) is 0 Å². The topological polar surface area (TPSA) is 55.8 Å². The normalized spacial score (nSPS) is 13.8. The highest BCUT2D eigenvalue weighted by molar-refractivity contribution is 5.68. The fourth-order valence-corrected chi connectivity index (χ4v) is 1.86. The van der Waals surface area contributed by atoms with Crippen molar-refractivity contribution in [2.75, 3.05) is 13.2 Å². The van der Waals surface area contributed by atoms with Gasteiger partial charge in [0.15, 0.2) is 6.61 Å². The molecule has 1 aromatic carbocycles. The van der Waals surface area contributed by atoms with Crippen LogP contribution in [0.15, 0.2) is 12.1 Å². The number of hydrogen-bond acceptors (Lipinski definition) is 3. The minimum Gasteiger partial charge on any atom is -0.493 e. The van der Waals surface area contributed by atoms with Crippen molar-refractivity contribution in [2.45, 2.75) is 19.8 Å². The number of aryl methyl sites for hydroxylation is 1. The zero-order chi connectivity index (χ0) is 11.5. The number of rotatable bonds is 3. The number of benzene rings is 1. The third-order valence-electron chi connectivity index (χ3n) is 2.58. The Morgan fingerprint density at radius 1 is 1.56 bits per heavy atom. The first kappa shape index (κ1) is 10.8. The van der Waals surface area contributed by atoms with Crippen LogP contribution in [0.3, 0.4) is 0 Å². The maximum Gasteiger partial charge on any atom is 0.341 e. The number of aliphatic carboxylic acids is 1. The van der Waals surface area contributed by atoms with E-state index < -0.39 is 5.97 Å². The average Bonchev–Trinajstić information content (AvgIpc) is 2.27. The van der Waals surface area contributed by atoms with E-state index in [0.717, 1.165) is 29.7 Å². The lowest BCUT2D eigenvalue weighted by Crippen LogP contribution is -2.14. The summed E-state index contributed by atoms with van der Waals surface area (Å²) in [6.07, 6.45) is 1.83. The Morgan fingerprint density at radius 2 is 2.38 bits per heavy atom. The fraction of sp³-hybridized carbons (Fsp3) is 0.417. The van der Waals surface area contributed by atoms with E-state index in [1.54, 1.807) is 0 Å². The predicted molar refractivity (Wildman–Crippen MR) is 58.1 cm³/mol. The second-order valence-corrected chi connectivity index (χ2v) is 3.82. The molecule has 0 spiro atoms. The standard InChI is InChI=1S/C12H14O4/c1-8-4-5-10-9(3-2-6-15-10)12(8)16-7-11(13)14/h4-5H,2-3,6-7H2,1H3,(H,13,14). The predicted octanol–water partition coefficient (Wildman–Crippen LogP) is 1.78. The molecule has 0 aliphatic carbocycles. The van der Waals surface area contributed by atoms with Gasteiger partial charge in [0.25, 0.3) is 0 Å². The fourth-order valence-electron chi connectivity index (χ4n) is 1.86. The molecule has 0 saturated carbocycles. The smallest absolute Gasteiger partial charge is 0.341 e. The Hall–Kier alpha value is -1.71. The van der Waals surface area contributed by atoms with Gasteiger partial charge in [-0.1, -0.05) is 6.07 Å². The molecule has 0 atom stereocenters. The maximum absolute atomic E-state index is 10.5. The number of fused-ring (bicyclic) bond motifs is 1. The van der Waals surface area contributed by atoms with E-state index in [1.807, 2.05) is 19.1 Å². The highest BCUT2D eigenvalue weighted by Crippen LogP contribution is 2.35. The van der Waals surface area contributed by atoms with Crippen molar-refractivity contribution in [1.29, 1.82) is 0 Å². The first-order valence-electron chi connectivity index (χ1n) is 5.28. The van der Waals surface area contributed by atoms with Crippen molar-refractivity contribution in [3.8, 4) is 11.5 Å². The lowest BCUT2D eigenvalue weighted by Gasteiger charge is -2.21. The molecule has 1 aliphatic heterocycles. The third kappa shape index (κ3) is 2.10. The van der Waals surface area contributed by atoms with Gasteiger partial charge in [-0.3, -0.25) is 0 Å². The number of carboxylic acids is 1. The molecule has 0 saturated heterocycles. The first-order chi connectivity index (χ1) is 7.68. The van der Waals surface area contributed by atoms with E-state index in [1.165, 1.54) is 0 Å². The molecule has 0 aromatic heterocycles. The Bertz CT molecular complexity index is 412. The van der Waals surface area contributed by atoms with Crippen LogP contribution in [0.5, 0.6) is 11.5 Å². The summed E-state index contributed by atoms with van der Waals surface area (Å²) in [5.41, 5.74) is 1.94. The highest BCUT2D eigenvalue weighted by atomic mass is 16.5. The molecule has 86 valence electrons. The average molecular weight is 222 g/mol. The summed E-state index contributed by atoms with van der Waals surface area (Å²) in [6.45, 7) is 2.32. The molecule has 1 aliphatic rings. The van der Waals surface area contributed by atoms with E-state index in [9.17, 15) is 4.79 Å². The van der Waals surface area contributed by atoms with Gasteiger partial charge in [-0.05, 0) is 31.4 Å². The monoisotopic (exact) mass is 222 g/mol. The molecule has 2 rings (SSSR count). The van der Waals surface area contributed by atoms with E-state index in [0.29, 0.717) is 12.4 Å². The van der Waals surface area contributed by atoms with Crippen LogP contribution in [0.25, 0.3) is 0 Å². The Kier molecular flexibility index (Phi) is 2.99. The van der Waals surface area contributed by atoms with Crippen LogP contribution >= 0.6 is 0 Å². The second kappa shape index (κ2) is 4.43. The van der Waals surface area contributed by atoms with Gasteiger partial charge in [-0.2, -0.15) is 0 Å². The molecule has 0 unspecified atom stereocenters. The largest absolute Gasteiger partial charge is 0.493 e. The summed E-state index contributed by atoms with van der Waals surface area (Å²) in [6, 6.07) is 3.80. The van der Waals surface area contributed by atoms with Crippen molar-refractivity contribution in [3.05, 3.63) is 23.3 Å². The number of ether oxygens (including phenoxy) is 2. The highest BCUT2D eigenvalue weighted by Gasteiger charge is 2.17. The quantitative estimate of drug-likeness (QED) is 0.847. The van der Waals surface area contributed by atoms with E-state index in [-0.39, 0.29) is 6.61 Å². The molecule has 4 nitrogen and oxygen atoms in total. The molecule has 4 heteroatoms. The van der Waals surface area contributed by atoms with Gasteiger partial charge in [0.2, 0.25) is 0 Å². The van der Waals surface area contributed by atoms with Crippen LogP contribution < -0.4 is 9.47 Å². The van der Waals surface area contributed by atoms with Crippen LogP contribution in [-0.4, -0.2) is 24.3 Å². The zero-order valence-corrected chi connectivity index (χ0v) is 9.16. The van der Waals surface area contributed by atoms with Crippen molar-refractivity contribution in [3.63, 3.8) is 0 Å². The van der Waals surface area contributed by atoms with Gasteiger partial charge in [0.05, 0.1) is 6.61 Å². The lowest BCUT2D eigenvalue weighted by molar-refractivity contribution is -0.139. The molecule has 1 N–H and O–H groups in total. The van der Waals surface area contributed by atoms with Crippen LogP contribution in [0.1, 0.15) is 17.5 Å². The third-order valence-corrected chi connectivity index (χ3v) is 2.58. The summed E-state index contributed by atoms with van der Waals surface area (Å²) in [5, 5.41) is 8.61. The van der Waals surface area contributed by atoms with Gasteiger partial charge in [0, 0.05) is 5.56 Å². The maximum atomic E-state index is 10.5. The molecule has 1 aromatic rings. The molecular formula is C12H14O4. The molecule has 0 radical (unpaired) electrons. The van der Waals surface area contributed by atoms with E-state index >= 15 is 0 Å². The molecule has 16 heavy (non-hydrogen) atoms. The summed E-state index contributed by atoms with van der Waals surface area (Å²) in [7, 11) is 0. The summed E-state index contributed by atoms with van der Waals surface area (Å²) in [5.74, 6) is 0.519.